The molecular formula is C19H18FNO3. The van der Waals surface area contributed by atoms with Crippen molar-refractivity contribution in [3.63, 3.8) is 0 Å². The number of carboxylic acid groups (broad SMARTS) is 1. The monoisotopic (exact) mass is 327 g/mol. The Morgan fingerprint density at radius 3 is 2.38 bits per heavy atom. The van der Waals surface area contributed by atoms with Gasteiger partial charge in [0.25, 0.3) is 0 Å². The topological polar surface area (TPSA) is 66.4 Å². The van der Waals surface area contributed by atoms with Gasteiger partial charge in [-0.05, 0) is 42.2 Å². The molecule has 1 fully saturated rings. The van der Waals surface area contributed by atoms with Crippen molar-refractivity contribution in [3.05, 3.63) is 71.0 Å². The van der Waals surface area contributed by atoms with E-state index < -0.39 is 5.97 Å². The molecular weight excluding hydrogens is 309 g/mol. The highest BCUT2D eigenvalue weighted by Gasteiger charge is 2.44. The third-order valence-corrected chi connectivity index (χ3v) is 4.53. The molecule has 0 radical (unpaired) electrons. The first-order valence-electron chi connectivity index (χ1n) is 7.84. The maximum atomic E-state index is 13.0. The number of halogens is 1. The third kappa shape index (κ3) is 3.45. The van der Waals surface area contributed by atoms with E-state index in [0.29, 0.717) is 12.1 Å². The van der Waals surface area contributed by atoms with Crippen LogP contribution in [0.1, 0.15) is 34.3 Å². The average Bonchev–Trinajstić information content (AvgIpc) is 3.35. The first-order chi connectivity index (χ1) is 11.5. The van der Waals surface area contributed by atoms with E-state index in [0.717, 1.165) is 18.4 Å². The second-order valence-electron chi connectivity index (χ2n) is 6.20. The lowest BCUT2D eigenvalue weighted by Gasteiger charge is -2.17. The first-order valence-corrected chi connectivity index (χ1v) is 7.84. The lowest BCUT2D eigenvalue weighted by atomic mass is 9.95. The lowest BCUT2D eigenvalue weighted by molar-refractivity contribution is -0.120. The highest BCUT2D eigenvalue weighted by atomic mass is 19.1. The van der Waals surface area contributed by atoms with E-state index in [1.165, 1.54) is 18.2 Å². The fraction of sp³-hybridized carbons (Fsp3) is 0.263. The Morgan fingerprint density at radius 2 is 1.75 bits per heavy atom. The summed E-state index contributed by atoms with van der Waals surface area (Å²) in [6.07, 6.45) is 1.93. The van der Waals surface area contributed by atoms with Crippen molar-refractivity contribution in [2.24, 2.45) is 0 Å². The SMILES string of the molecule is O=C(Cc1ccccc1C(=O)O)NCC1(c2ccc(F)cc2)CC1. The molecule has 1 aliphatic rings. The van der Waals surface area contributed by atoms with Gasteiger partial charge in [-0.15, -0.1) is 0 Å². The quantitative estimate of drug-likeness (QED) is 0.857. The van der Waals surface area contributed by atoms with Crippen LogP contribution in [0.4, 0.5) is 4.39 Å². The summed E-state index contributed by atoms with van der Waals surface area (Å²) in [5.41, 5.74) is 1.55. The van der Waals surface area contributed by atoms with Gasteiger partial charge in [0.15, 0.2) is 0 Å². The van der Waals surface area contributed by atoms with Crippen LogP contribution in [0.2, 0.25) is 0 Å². The summed E-state index contributed by atoms with van der Waals surface area (Å²) in [5, 5.41) is 12.0. The van der Waals surface area contributed by atoms with Crippen molar-refractivity contribution >= 4 is 11.9 Å². The Morgan fingerprint density at radius 1 is 1.08 bits per heavy atom. The zero-order chi connectivity index (χ0) is 17.2. The van der Waals surface area contributed by atoms with Crippen LogP contribution in [0.25, 0.3) is 0 Å². The molecule has 0 atom stereocenters. The van der Waals surface area contributed by atoms with Crippen molar-refractivity contribution < 1.29 is 19.1 Å². The molecule has 0 unspecified atom stereocenters. The Balaban J connectivity index is 1.62. The van der Waals surface area contributed by atoms with Gasteiger partial charge in [0.1, 0.15) is 5.82 Å². The van der Waals surface area contributed by atoms with Gasteiger partial charge in [0, 0.05) is 12.0 Å². The van der Waals surface area contributed by atoms with Gasteiger partial charge in [0.05, 0.1) is 12.0 Å². The molecule has 5 heteroatoms. The molecule has 1 amide bonds. The molecule has 0 heterocycles. The molecule has 0 saturated heterocycles. The van der Waals surface area contributed by atoms with Crippen molar-refractivity contribution in [1.82, 2.24) is 5.32 Å². The number of benzene rings is 2. The van der Waals surface area contributed by atoms with Crippen molar-refractivity contribution in [2.45, 2.75) is 24.7 Å². The largest absolute Gasteiger partial charge is 0.478 e. The van der Waals surface area contributed by atoms with Crippen molar-refractivity contribution in [1.29, 1.82) is 0 Å². The number of hydrogen-bond donors (Lipinski definition) is 2. The van der Waals surface area contributed by atoms with Crippen molar-refractivity contribution in [3.8, 4) is 0 Å². The lowest BCUT2D eigenvalue weighted by Crippen LogP contribution is -2.33. The molecule has 2 aromatic carbocycles. The Kier molecular flexibility index (Phi) is 4.34. The van der Waals surface area contributed by atoms with Crippen molar-refractivity contribution in [2.75, 3.05) is 6.54 Å². The molecule has 124 valence electrons. The van der Waals surface area contributed by atoms with E-state index in [2.05, 4.69) is 5.32 Å². The third-order valence-electron chi connectivity index (χ3n) is 4.53. The van der Waals surface area contributed by atoms with E-state index in [-0.39, 0.29) is 29.1 Å². The van der Waals surface area contributed by atoms with Gasteiger partial charge < -0.3 is 10.4 Å². The minimum Gasteiger partial charge on any atom is -0.478 e. The molecule has 2 aromatic rings. The molecule has 0 spiro atoms. The summed E-state index contributed by atoms with van der Waals surface area (Å²) in [7, 11) is 0. The van der Waals surface area contributed by atoms with E-state index in [4.69, 9.17) is 5.11 Å². The fourth-order valence-electron chi connectivity index (χ4n) is 2.91. The molecule has 0 aliphatic heterocycles. The van der Waals surface area contributed by atoms with Gasteiger partial charge in [-0.25, -0.2) is 9.18 Å². The summed E-state index contributed by atoms with van der Waals surface area (Å²) >= 11 is 0. The number of nitrogens with one attached hydrogen (secondary N) is 1. The summed E-state index contributed by atoms with van der Waals surface area (Å²) in [5.74, 6) is -1.52. The summed E-state index contributed by atoms with van der Waals surface area (Å²) in [4.78, 5) is 23.4. The number of carbonyl (C=O) groups excluding carboxylic acids is 1. The minimum absolute atomic E-state index is 0.0297. The van der Waals surface area contributed by atoms with E-state index in [1.54, 1.807) is 30.3 Å². The molecule has 24 heavy (non-hydrogen) atoms. The highest BCUT2D eigenvalue weighted by molar-refractivity contribution is 5.91. The minimum atomic E-state index is -1.04. The number of rotatable bonds is 6. The fourth-order valence-corrected chi connectivity index (χ4v) is 2.91. The van der Waals surface area contributed by atoms with Gasteiger partial charge in [0.2, 0.25) is 5.91 Å². The number of aromatic carboxylic acids is 1. The summed E-state index contributed by atoms with van der Waals surface area (Å²) in [6, 6.07) is 12.9. The second-order valence-corrected chi connectivity index (χ2v) is 6.20. The Labute approximate surface area is 139 Å². The van der Waals surface area contributed by atoms with Gasteiger partial charge in [-0.1, -0.05) is 30.3 Å². The number of amides is 1. The Hall–Kier alpha value is -2.69. The number of hydrogen-bond acceptors (Lipinski definition) is 2. The number of carbonyl (C=O) groups is 2. The summed E-state index contributed by atoms with van der Waals surface area (Å²) < 4.78 is 13.0. The van der Waals surface area contributed by atoms with Crippen LogP contribution >= 0.6 is 0 Å². The molecule has 2 N–H and O–H groups in total. The zero-order valence-corrected chi connectivity index (χ0v) is 13.1. The predicted octanol–water partition coefficient (Wildman–Crippen LogP) is 2.91. The van der Waals surface area contributed by atoms with Crippen LogP contribution < -0.4 is 5.32 Å². The van der Waals surface area contributed by atoms with Gasteiger partial charge in [-0.2, -0.15) is 0 Å². The number of carboxylic acids is 1. The molecule has 1 aliphatic carbocycles. The Bertz CT molecular complexity index is 766. The highest BCUT2D eigenvalue weighted by Crippen LogP contribution is 2.47. The predicted molar refractivity (Wildman–Crippen MR) is 87.4 cm³/mol. The molecule has 0 bridgehead atoms. The maximum absolute atomic E-state index is 13.0. The second kappa shape index (κ2) is 6.43. The van der Waals surface area contributed by atoms with Crippen LogP contribution in [0.5, 0.6) is 0 Å². The molecule has 4 nitrogen and oxygen atoms in total. The zero-order valence-electron chi connectivity index (χ0n) is 13.1. The molecule has 1 saturated carbocycles. The van der Waals surface area contributed by atoms with E-state index in [1.807, 2.05) is 0 Å². The van der Waals surface area contributed by atoms with Crippen LogP contribution in [-0.4, -0.2) is 23.5 Å². The average molecular weight is 327 g/mol. The van der Waals surface area contributed by atoms with Crippen LogP contribution in [-0.2, 0) is 16.6 Å². The van der Waals surface area contributed by atoms with Gasteiger partial charge in [-0.3, -0.25) is 4.79 Å². The van der Waals surface area contributed by atoms with E-state index >= 15 is 0 Å². The maximum Gasteiger partial charge on any atom is 0.335 e. The van der Waals surface area contributed by atoms with Gasteiger partial charge >= 0.3 is 5.97 Å². The smallest absolute Gasteiger partial charge is 0.335 e. The van der Waals surface area contributed by atoms with Crippen LogP contribution in [0, 0.1) is 5.82 Å². The first kappa shape index (κ1) is 16.2. The van der Waals surface area contributed by atoms with Crippen LogP contribution in [0.3, 0.4) is 0 Å². The standard InChI is InChI=1S/C19H18FNO3/c20-15-7-5-14(6-8-15)19(9-10-19)12-21-17(22)11-13-3-1-2-4-16(13)18(23)24/h1-8H,9-12H2,(H,21,22)(H,23,24). The summed E-state index contributed by atoms with van der Waals surface area (Å²) in [6.45, 7) is 0.479. The van der Waals surface area contributed by atoms with Crippen LogP contribution in [0.15, 0.2) is 48.5 Å². The normalized spacial score (nSPS) is 14.9. The van der Waals surface area contributed by atoms with E-state index in [9.17, 15) is 14.0 Å². The molecule has 3 rings (SSSR count). The molecule has 0 aromatic heterocycles.